The van der Waals surface area contributed by atoms with E-state index in [1.165, 1.54) is 96.3 Å². The third kappa shape index (κ3) is 9.83. The summed E-state index contributed by atoms with van der Waals surface area (Å²) in [7, 11) is -2.05. The van der Waals surface area contributed by atoms with Gasteiger partial charge in [-0.1, -0.05) is 96.3 Å². The summed E-state index contributed by atoms with van der Waals surface area (Å²) in [6.45, 7) is 5.23. The average molecular weight is 496 g/mol. The Bertz CT molecular complexity index is 320. The van der Waals surface area contributed by atoms with Crippen LogP contribution in [0.2, 0.25) is 16.6 Å². The van der Waals surface area contributed by atoms with Crippen molar-refractivity contribution in [2.24, 2.45) is 0 Å². The molecule has 0 heterocycles. The van der Waals surface area contributed by atoms with Crippen LogP contribution in [0.4, 0.5) is 0 Å². The second-order valence-corrected chi connectivity index (χ2v) is 14.3. The molecule has 0 spiro atoms. The number of rotatable bonds is 3. The van der Waals surface area contributed by atoms with Crippen molar-refractivity contribution >= 4 is 8.32 Å². The van der Waals surface area contributed by atoms with Gasteiger partial charge in [0.05, 0.1) is 5.60 Å². The molecule has 6 heteroatoms. The average Bonchev–Trinajstić information content (AvgIpc) is 2.62. The Morgan fingerprint density at radius 2 is 0.750 bits per heavy atom. The fourth-order valence-corrected chi connectivity index (χ4v) is 11.7. The number of hydrogen-bond donors (Lipinski definition) is 2. The van der Waals surface area contributed by atoms with E-state index in [0.29, 0.717) is 0 Å². The summed E-state index contributed by atoms with van der Waals surface area (Å²) in [5.41, 5.74) is 1.80. The Morgan fingerprint density at radius 3 is 0.929 bits per heavy atom. The third-order valence-electron chi connectivity index (χ3n) is 6.78. The van der Waals surface area contributed by atoms with E-state index in [2.05, 4.69) is 0 Å². The molecule has 0 bridgehead atoms. The van der Waals surface area contributed by atoms with Gasteiger partial charge in [-0.05, 0) is 37.4 Å². The van der Waals surface area contributed by atoms with E-state index in [-0.39, 0.29) is 37.2 Å². The standard InChI is InChI=1S/C18H34OSi.C4H10O.2H2O.Zr/c19-20(16-10-4-1-5-11-16,17-12-6-2-7-13-17)18-14-8-3-9-15-18;1-4(2,3)5;;;/h16-19H,1-15H2;5H,1-3H3;2*1H2;. The molecule has 168 valence electrons. The van der Waals surface area contributed by atoms with Gasteiger partial charge >= 0.3 is 0 Å². The Kier molecular flexibility index (Phi) is 16.5. The van der Waals surface area contributed by atoms with Crippen molar-refractivity contribution < 1.29 is 47.1 Å². The van der Waals surface area contributed by atoms with Crippen LogP contribution in [0.1, 0.15) is 117 Å². The van der Waals surface area contributed by atoms with Crippen molar-refractivity contribution in [1.82, 2.24) is 0 Å². The van der Waals surface area contributed by atoms with Gasteiger partial charge < -0.3 is 20.9 Å². The number of aliphatic hydroxyl groups is 1. The summed E-state index contributed by atoms with van der Waals surface area (Å²) in [5, 5.41) is 8.52. The minimum absolute atomic E-state index is 0. The summed E-state index contributed by atoms with van der Waals surface area (Å²) in [6.07, 6.45) is 20.9. The van der Waals surface area contributed by atoms with Crippen molar-refractivity contribution in [1.29, 1.82) is 0 Å². The van der Waals surface area contributed by atoms with Gasteiger partial charge in [0.15, 0.2) is 8.32 Å². The van der Waals surface area contributed by atoms with Crippen LogP contribution < -0.4 is 0 Å². The van der Waals surface area contributed by atoms with Crippen LogP contribution in [0.15, 0.2) is 0 Å². The molecule has 3 rings (SSSR count). The van der Waals surface area contributed by atoms with Crippen molar-refractivity contribution in [2.75, 3.05) is 0 Å². The molecular formula is C22H48O4SiZr. The van der Waals surface area contributed by atoms with Crippen LogP contribution in [0, 0.1) is 0 Å². The van der Waals surface area contributed by atoms with Gasteiger partial charge in [0.25, 0.3) is 0 Å². The number of hydrogen-bond acceptors (Lipinski definition) is 2. The van der Waals surface area contributed by atoms with Gasteiger partial charge in [-0.2, -0.15) is 0 Å². The van der Waals surface area contributed by atoms with Crippen LogP contribution in [0.5, 0.6) is 0 Å². The van der Waals surface area contributed by atoms with Crippen molar-refractivity contribution in [3.8, 4) is 0 Å². The first kappa shape index (κ1) is 31.1. The zero-order chi connectivity index (χ0) is 18.3. The Balaban J connectivity index is 0. The molecule has 3 saturated carbocycles. The van der Waals surface area contributed by atoms with Crippen molar-refractivity contribution in [2.45, 2.75) is 139 Å². The van der Waals surface area contributed by atoms with Crippen LogP contribution in [-0.2, 0) is 26.2 Å². The topological polar surface area (TPSA) is 103 Å². The van der Waals surface area contributed by atoms with Crippen molar-refractivity contribution in [3.05, 3.63) is 0 Å². The first-order valence-electron chi connectivity index (χ1n) is 11.3. The quantitative estimate of drug-likeness (QED) is 0.535. The zero-order valence-corrected chi connectivity index (χ0v) is 22.2. The Labute approximate surface area is 194 Å². The predicted molar refractivity (Wildman–Crippen MR) is 118 cm³/mol. The molecule has 0 atom stereocenters. The summed E-state index contributed by atoms with van der Waals surface area (Å²) in [6, 6.07) is 0. The normalized spacial score (nSPS) is 22.6. The van der Waals surface area contributed by atoms with Gasteiger partial charge in [-0.15, -0.1) is 0 Å². The molecular weight excluding hydrogens is 448 g/mol. The summed E-state index contributed by atoms with van der Waals surface area (Å²) < 4.78 is 0. The summed E-state index contributed by atoms with van der Waals surface area (Å²) in [5.74, 6) is 0. The maximum atomic E-state index is 12.0. The second-order valence-electron chi connectivity index (χ2n) is 10.1. The second kappa shape index (κ2) is 14.9. The molecule has 0 saturated heterocycles. The summed E-state index contributed by atoms with van der Waals surface area (Å²) in [4.78, 5) is 12.0. The minimum atomic E-state index is -2.05. The van der Waals surface area contributed by atoms with Crippen LogP contribution in [0.25, 0.3) is 0 Å². The molecule has 3 aliphatic rings. The first-order chi connectivity index (χ1) is 11.8. The Hall–Kier alpha value is 0.940. The molecule has 6 N–H and O–H groups in total. The maximum Gasteiger partial charge on any atom is 0.197 e. The van der Waals surface area contributed by atoms with E-state index >= 15 is 0 Å². The smallest absolute Gasteiger partial charge is 0.197 e. The van der Waals surface area contributed by atoms with Gasteiger partial charge in [-0.25, -0.2) is 0 Å². The molecule has 0 amide bonds. The molecule has 0 aromatic heterocycles. The maximum absolute atomic E-state index is 12.0. The van der Waals surface area contributed by atoms with Gasteiger partial charge in [0.1, 0.15) is 0 Å². The minimum Gasteiger partial charge on any atom is -0.431 e. The molecule has 3 aliphatic carbocycles. The van der Waals surface area contributed by atoms with Crippen LogP contribution >= 0.6 is 0 Å². The van der Waals surface area contributed by atoms with E-state index in [0.717, 1.165) is 16.6 Å². The monoisotopic (exact) mass is 494 g/mol. The van der Waals surface area contributed by atoms with Crippen molar-refractivity contribution in [3.63, 3.8) is 0 Å². The van der Waals surface area contributed by atoms with Gasteiger partial charge in [-0.3, -0.25) is 0 Å². The molecule has 0 radical (unpaired) electrons. The fourth-order valence-electron chi connectivity index (χ4n) is 5.70. The van der Waals surface area contributed by atoms with E-state index in [9.17, 15) is 4.80 Å². The summed E-state index contributed by atoms with van der Waals surface area (Å²) >= 11 is 0. The molecule has 3 fully saturated rings. The molecule has 4 nitrogen and oxygen atoms in total. The van der Waals surface area contributed by atoms with Gasteiger partial charge in [0, 0.05) is 26.2 Å². The SMILES string of the molecule is CC(C)(C)O.O.O.O[Si](C1CCCCC1)(C1CCCCC1)C1CCCCC1.[Zr]. The third-order valence-corrected chi connectivity index (χ3v) is 12.4. The molecule has 0 aliphatic heterocycles. The molecule has 0 unspecified atom stereocenters. The Morgan fingerprint density at radius 1 is 0.571 bits per heavy atom. The molecule has 0 aromatic rings. The fraction of sp³-hybridized carbons (Fsp3) is 1.00. The largest absolute Gasteiger partial charge is 0.431 e. The van der Waals surface area contributed by atoms with Gasteiger partial charge in [0.2, 0.25) is 0 Å². The van der Waals surface area contributed by atoms with E-state index in [1.807, 2.05) is 0 Å². The zero-order valence-electron chi connectivity index (χ0n) is 18.7. The van der Waals surface area contributed by atoms with E-state index in [1.54, 1.807) is 20.8 Å². The van der Waals surface area contributed by atoms with E-state index in [4.69, 9.17) is 5.11 Å². The first-order valence-corrected chi connectivity index (χ1v) is 13.4. The predicted octanol–water partition coefficient (Wildman–Crippen LogP) is 5.05. The van der Waals surface area contributed by atoms with Crippen LogP contribution in [-0.4, -0.2) is 34.8 Å². The molecule has 28 heavy (non-hydrogen) atoms. The molecule has 0 aromatic carbocycles. The van der Waals surface area contributed by atoms with E-state index < -0.39 is 13.9 Å². The van der Waals surface area contributed by atoms with Crippen LogP contribution in [0.3, 0.4) is 0 Å².